The molecule has 10 heteroatoms. The number of benzene rings is 1. The first kappa shape index (κ1) is 18.5. The smallest absolute Gasteiger partial charge is 0.343 e. The van der Waals surface area contributed by atoms with Crippen molar-refractivity contribution in [2.75, 3.05) is 21.3 Å². The molecule has 0 saturated carbocycles. The van der Waals surface area contributed by atoms with Crippen molar-refractivity contribution in [2.45, 2.75) is 12.6 Å². The van der Waals surface area contributed by atoms with E-state index in [4.69, 9.17) is 18.9 Å². The van der Waals surface area contributed by atoms with Crippen LogP contribution in [0.25, 0.3) is 11.3 Å². The van der Waals surface area contributed by atoms with Crippen molar-refractivity contribution >= 4 is 11.9 Å². The number of H-pyrrole nitrogens is 1. The summed E-state index contributed by atoms with van der Waals surface area (Å²) in [5.41, 5.74) is 1.04. The SMILES string of the molecule is COC(=O)c1cn(CC2OC(=O)c3c2ccc(OC)c3OC)cc2c(=O)[nH]nc1-2. The van der Waals surface area contributed by atoms with Crippen molar-refractivity contribution in [3.8, 4) is 22.8 Å². The lowest BCUT2D eigenvalue weighted by molar-refractivity contribution is 0.0346. The molecule has 3 aliphatic heterocycles. The second-order valence-corrected chi connectivity index (χ2v) is 6.33. The number of aromatic amines is 1. The zero-order valence-electron chi connectivity index (χ0n) is 15.8. The molecule has 0 aromatic heterocycles. The normalized spacial score (nSPS) is 15.1. The second kappa shape index (κ2) is 6.97. The molecule has 29 heavy (non-hydrogen) atoms. The van der Waals surface area contributed by atoms with E-state index < -0.39 is 23.6 Å². The molecule has 150 valence electrons. The Balaban J connectivity index is 1.77. The maximum Gasteiger partial charge on any atom is 0.343 e. The summed E-state index contributed by atoms with van der Waals surface area (Å²) in [6.07, 6.45) is 2.40. The molecule has 0 spiro atoms. The fourth-order valence-electron chi connectivity index (χ4n) is 3.45. The van der Waals surface area contributed by atoms with Crippen LogP contribution in [0.15, 0.2) is 29.3 Å². The molecule has 1 aromatic rings. The van der Waals surface area contributed by atoms with Crippen molar-refractivity contribution in [1.82, 2.24) is 14.8 Å². The lowest BCUT2D eigenvalue weighted by Crippen LogP contribution is -2.15. The summed E-state index contributed by atoms with van der Waals surface area (Å²) in [6, 6.07) is 3.41. The Morgan fingerprint density at radius 1 is 1.21 bits per heavy atom. The van der Waals surface area contributed by atoms with Crippen molar-refractivity contribution in [1.29, 1.82) is 0 Å². The van der Waals surface area contributed by atoms with E-state index in [2.05, 4.69) is 10.2 Å². The van der Waals surface area contributed by atoms with E-state index in [-0.39, 0.29) is 23.4 Å². The van der Waals surface area contributed by atoms with Gasteiger partial charge in [0, 0.05) is 18.0 Å². The van der Waals surface area contributed by atoms with E-state index >= 15 is 0 Å². The molecule has 0 amide bonds. The van der Waals surface area contributed by atoms with Crippen LogP contribution in [-0.2, 0) is 16.0 Å². The maximum atomic E-state index is 12.5. The van der Waals surface area contributed by atoms with Gasteiger partial charge in [0.25, 0.3) is 5.56 Å². The average Bonchev–Trinajstić information content (AvgIpc) is 3.26. The Labute approximate surface area is 164 Å². The summed E-state index contributed by atoms with van der Waals surface area (Å²) >= 11 is 0. The average molecular weight is 399 g/mol. The number of carbonyl (C=O) groups is 2. The first-order valence-corrected chi connectivity index (χ1v) is 8.60. The van der Waals surface area contributed by atoms with Crippen LogP contribution in [0, 0.1) is 0 Å². The van der Waals surface area contributed by atoms with Gasteiger partial charge in [0.2, 0.25) is 0 Å². The van der Waals surface area contributed by atoms with Crippen LogP contribution in [0.3, 0.4) is 0 Å². The first-order chi connectivity index (χ1) is 14.0. The van der Waals surface area contributed by atoms with Gasteiger partial charge in [0.05, 0.1) is 33.4 Å². The van der Waals surface area contributed by atoms with Gasteiger partial charge in [-0.25, -0.2) is 14.7 Å². The standard InChI is InChI=1S/C19H17N3O7/c1-26-12-5-4-9-13(29-19(25)14(9)16(12)27-2)8-22-6-10-15(20-21-17(10)23)11(7-22)18(24)28-3/h4-7,13H,8H2,1-3H3,(H,21,23). The molecule has 10 nitrogen and oxygen atoms in total. The molecule has 3 aliphatic rings. The summed E-state index contributed by atoms with van der Waals surface area (Å²) < 4.78 is 22.5. The highest BCUT2D eigenvalue weighted by Crippen LogP contribution is 2.42. The van der Waals surface area contributed by atoms with Crippen molar-refractivity contribution in [3.05, 3.63) is 51.6 Å². The molecule has 1 aromatic carbocycles. The minimum Gasteiger partial charge on any atom is -0.493 e. The Hall–Kier alpha value is -3.82. The van der Waals surface area contributed by atoms with Crippen LogP contribution >= 0.6 is 0 Å². The minimum atomic E-state index is -0.646. The van der Waals surface area contributed by atoms with Gasteiger partial charge in [-0.2, -0.15) is 5.10 Å². The van der Waals surface area contributed by atoms with E-state index in [0.717, 1.165) is 0 Å². The molecule has 0 bridgehead atoms. The molecule has 4 rings (SSSR count). The van der Waals surface area contributed by atoms with Crippen LogP contribution in [0.5, 0.6) is 11.5 Å². The number of ether oxygens (including phenoxy) is 4. The lowest BCUT2D eigenvalue weighted by atomic mass is 10.0. The first-order valence-electron chi connectivity index (χ1n) is 8.60. The number of fused-ring (bicyclic) bond motifs is 2. The highest BCUT2D eigenvalue weighted by atomic mass is 16.6. The fraction of sp³-hybridized carbons (Fsp3) is 0.263. The van der Waals surface area contributed by atoms with E-state index in [9.17, 15) is 14.4 Å². The van der Waals surface area contributed by atoms with E-state index in [1.807, 2.05) is 0 Å². The third-order valence-electron chi connectivity index (χ3n) is 4.77. The predicted octanol–water partition coefficient (Wildman–Crippen LogP) is 1.39. The number of aromatic nitrogens is 3. The van der Waals surface area contributed by atoms with Crippen molar-refractivity contribution in [3.63, 3.8) is 0 Å². The zero-order valence-corrected chi connectivity index (χ0v) is 15.8. The number of nitrogens with zero attached hydrogens (tertiary/aromatic N) is 2. The quantitative estimate of drug-likeness (QED) is 0.639. The van der Waals surface area contributed by atoms with Crippen LogP contribution < -0.4 is 15.0 Å². The van der Waals surface area contributed by atoms with E-state index in [0.29, 0.717) is 22.6 Å². The monoisotopic (exact) mass is 399 g/mol. The van der Waals surface area contributed by atoms with Gasteiger partial charge in [-0.05, 0) is 6.07 Å². The van der Waals surface area contributed by atoms with Crippen LogP contribution in [0.2, 0.25) is 0 Å². The molecule has 0 aliphatic carbocycles. The molecule has 1 atom stereocenters. The van der Waals surface area contributed by atoms with Gasteiger partial charge < -0.3 is 23.5 Å². The molecular formula is C19H17N3O7. The zero-order chi connectivity index (χ0) is 20.7. The molecule has 0 radical (unpaired) electrons. The van der Waals surface area contributed by atoms with E-state index in [1.54, 1.807) is 22.9 Å². The van der Waals surface area contributed by atoms with Gasteiger partial charge >= 0.3 is 11.9 Å². The number of nitrogens with one attached hydrogen (secondary N) is 1. The third kappa shape index (κ3) is 2.89. The molecular weight excluding hydrogens is 382 g/mol. The summed E-state index contributed by atoms with van der Waals surface area (Å²) in [7, 11) is 4.16. The van der Waals surface area contributed by atoms with Gasteiger partial charge in [-0.15, -0.1) is 0 Å². The van der Waals surface area contributed by atoms with Crippen molar-refractivity contribution < 1.29 is 28.5 Å². The lowest BCUT2D eigenvalue weighted by Gasteiger charge is -2.16. The summed E-state index contributed by atoms with van der Waals surface area (Å²) in [6.45, 7) is 0.165. The fourth-order valence-corrected chi connectivity index (χ4v) is 3.45. The number of pyridine rings is 1. The van der Waals surface area contributed by atoms with Crippen LogP contribution in [0.1, 0.15) is 32.4 Å². The Bertz CT molecular complexity index is 1150. The highest BCUT2D eigenvalue weighted by Gasteiger charge is 2.36. The number of carbonyl (C=O) groups excluding carboxylic acids is 2. The number of methoxy groups -OCH3 is 3. The number of hydrogen-bond donors (Lipinski definition) is 1. The van der Waals surface area contributed by atoms with Gasteiger partial charge in [0.15, 0.2) is 11.5 Å². The Kier molecular flexibility index (Phi) is 4.45. The summed E-state index contributed by atoms with van der Waals surface area (Å²) in [4.78, 5) is 36.6. The molecule has 3 heterocycles. The molecule has 1 unspecified atom stereocenters. The van der Waals surface area contributed by atoms with Gasteiger partial charge in [0.1, 0.15) is 22.9 Å². The van der Waals surface area contributed by atoms with Gasteiger partial charge in [-0.3, -0.25) is 4.79 Å². The van der Waals surface area contributed by atoms with E-state index in [1.165, 1.54) is 27.5 Å². The highest BCUT2D eigenvalue weighted by molar-refractivity contribution is 5.98. The maximum absolute atomic E-state index is 12.5. The number of esters is 2. The topological polar surface area (TPSA) is 122 Å². The predicted molar refractivity (Wildman–Crippen MR) is 98.5 cm³/mol. The number of cyclic esters (lactones) is 1. The van der Waals surface area contributed by atoms with Gasteiger partial charge in [-0.1, -0.05) is 6.07 Å². The number of hydrogen-bond acceptors (Lipinski definition) is 8. The Morgan fingerprint density at radius 3 is 2.69 bits per heavy atom. The van der Waals surface area contributed by atoms with Crippen molar-refractivity contribution in [2.24, 2.45) is 0 Å². The van der Waals surface area contributed by atoms with Crippen LogP contribution in [-0.4, -0.2) is 48.0 Å². The minimum absolute atomic E-state index is 0.125. The second-order valence-electron chi connectivity index (χ2n) is 6.33. The largest absolute Gasteiger partial charge is 0.493 e. The number of rotatable bonds is 5. The third-order valence-corrected chi connectivity index (χ3v) is 4.77. The molecule has 0 saturated heterocycles. The molecule has 0 fully saturated rings. The molecule has 1 N–H and O–H groups in total. The van der Waals surface area contributed by atoms with Crippen LogP contribution in [0.4, 0.5) is 0 Å². The summed E-state index contributed by atoms with van der Waals surface area (Å²) in [5.74, 6) is -0.459. The Morgan fingerprint density at radius 2 is 2.00 bits per heavy atom. The summed E-state index contributed by atoms with van der Waals surface area (Å²) in [5, 5.41) is 6.21.